The number of rotatable bonds is 4. The van der Waals surface area contributed by atoms with Gasteiger partial charge in [-0.3, -0.25) is 0 Å². The van der Waals surface area contributed by atoms with E-state index >= 15 is 0 Å². The number of hydrogen-bond acceptors (Lipinski definition) is 4. The molecule has 0 saturated heterocycles. The second kappa shape index (κ2) is 5.75. The van der Waals surface area contributed by atoms with Crippen molar-refractivity contribution in [3.05, 3.63) is 65.7 Å². The number of nitrogen functional groups attached to an aromatic ring is 1. The average molecular weight is 283 g/mol. The molecule has 1 heterocycles. The Morgan fingerprint density at radius 3 is 2.62 bits per heavy atom. The molecular weight excluding hydrogens is 269 g/mol. The molecule has 0 radical (unpaired) electrons. The SMILES string of the molecule is Nc1ccc(-c2nc(CCc3ccccc3)no2)cc1F. The summed E-state index contributed by atoms with van der Waals surface area (Å²) in [4.78, 5) is 4.28. The van der Waals surface area contributed by atoms with Crippen LogP contribution in [0.3, 0.4) is 0 Å². The van der Waals surface area contributed by atoms with Crippen LogP contribution in [0.4, 0.5) is 10.1 Å². The molecule has 0 fully saturated rings. The van der Waals surface area contributed by atoms with Crippen LogP contribution in [0.2, 0.25) is 0 Å². The Hall–Kier alpha value is -2.69. The second-order valence-electron chi connectivity index (χ2n) is 4.74. The Bertz CT molecular complexity index is 740. The van der Waals surface area contributed by atoms with Crippen LogP contribution in [0.5, 0.6) is 0 Å². The molecular formula is C16H14FN3O. The zero-order chi connectivity index (χ0) is 14.7. The van der Waals surface area contributed by atoms with Gasteiger partial charge in [0.1, 0.15) is 5.82 Å². The number of hydrogen-bond donors (Lipinski definition) is 1. The van der Waals surface area contributed by atoms with Gasteiger partial charge in [-0.1, -0.05) is 35.5 Å². The summed E-state index contributed by atoms with van der Waals surface area (Å²) in [5, 5.41) is 3.92. The second-order valence-corrected chi connectivity index (χ2v) is 4.74. The Kier molecular flexibility index (Phi) is 3.64. The Labute approximate surface area is 121 Å². The lowest BCUT2D eigenvalue weighted by Gasteiger charge is -1.98. The number of nitrogens with zero attached hydrogens (tertiary/aromatic N) is 2. The molecule has 4 nitrogen and oxygen atoms in total. The molecule has 1 aromatic heterocycles. The van der Waals surface area contributed by atoms with E-state index in [9.17, 15) is 4.39 Å². The van der Waals surface area contributed by atoms with E-state index in [0.29, 0.717) is 23.7 Å². The number of aryl methyl sites for hydroxylation is 2. The van der Waals surface area contributed by atoms with Crippen molar-refractivity contribution in [3.63, 3.8) is 0 Å². The fraction of sp³-hybridized carbons (Fsp3) is 0.125. The largest absolute Gasteiger partial charge is 0.396 e. The molecule has 0 aliphatic carbocycles. The van der Waals surface area contributed by atoms with Crippen molar-refractivity contribution >= 4 is 5.69 Å². The molecule has 0 aliphatic heterocycles. The Morgan fingerprint density at radius 1 is 1.05 bits per heavy atom. The normalized spacial score (nSPS) is 10.7. The van der Waals surface area contributed by atoms with E-state index in [1.165, 1.54) is 17.7 Å². The molecule has 106 valence electrons. The first kappa shape index (κ1) is 13.3. The number of nitrogens with two attached hydrogens (primary N) is 1. The monoisotopic (exact) mass is 283 g/mol. The first-order valence-corrected chi connectivity index (χ1v) is 6.64. The van der Waals surface area contributed by atoms with Crippen molar-refractivity contribution < 1.29 is 8.91 Å². The molecule has 2 N–H and O–H groups in total. The Balaban J connectivity index is 1.72. The third kappa shape index (κ3) is 3.08. The highest BCUT2D eigenvalue weighted by molar-refractivity contribution is 5.57. The Morgan fingerprint density at radius 2 is 1.86 bits per heavy atom. The highest BCUT2D eigenvalue weighted by atomic mass is 19.1. The van der Waals surface area contributed by atoms with Gasteiger partial charge in [-0.05, 0) is 30.2 Å². The van der Waals surface area contributed by atoms with E-state index in [1.807, 2.05) is 18.2 Å². The summed E-state index contributed by atoms with van der Waals surface area (Å²) in [5.74, 6) is 0.416. The molecule has 0 bridgehead atoms. The van der Waals surface area contributed by atoms with Crippen molar-refractivity contribution in [3.8, 4) is 11.5 Å². The molecule has 21 heavy (non-hydrogen) atoms. The quantitative estimate of drug-likeness (QED) is 0.746. The maximum Gasteiger partial charge on any atom is 0.258 e. The minimum absolute atomic E-state index is 0.0996. The number of aromatic nitrogens is 2. The first-order chi connectivity index (χ1) is 10.2. The van der Waals surface area contributed by atoms with E-state index in [0.717, 1.165) is 6.42 Å². The summed E-state index contributed by atoms with van der Waals surface area (Å²) < 4.78 is 18.6. The fourth-order valence-corrected chi connectivity index (χ4v) is 2.03. The average Bonchev–Trinajstić information content (AvgIpc) is 2.98. The molecule has 3 rings (SSSR count). The third-order valence-electron chi connectivity index (χ3n) is 3.20. The van der Waals surface area contributed by atoms with E-state index < -0.39 is 5.82 Å². The van der Waals surface area contributed by atoms with Gasteiger partial charge in [0.2, 0.25) is 0 Å². The molecule has 3 aromatic rings. The lowest BCUT2D eigenvalue weighted by Crippen LogP contribution is -1.93. The van der Waals surface area contributed by atoms with Gasteiger partial charge in [-0.15, -0.1) is 0 Å². The zero-order valence-electron chi connectivity index (χ0n) is 11.3. The highest BCUT2D eigenvalue weighted by Crippen LogP contribution is 2.21. The van der Waals surface area contributed by atoms with Gasteiger partial charge in [0.15, 0.2) is 5.82 Å². The predicted octanol–water partition coefficient (Wildman–Crippen LogP) is 3.24. The van der Waals surface area contributed by atoms with Gasteiger partial charge in [0.05, 0.1) is 5.69 Å². The molecule has 0 unspecified atom stereocenters. The van der Waals surface area contributed by atoms with E-state index in [1.54, 1.807) is 6.07 Å². The van der Waals surface area contributed by atoms with Gasteiger partial charge >= 0.3 is 0 Å². The van der Waals surface area contributed by atoms with Crippen molar-refractivity contribution in [2.75, 3.05) is 5.73 Å². The maximum atomic E-state index is 13.4. The minimum Gasteiger partial charge on any atom is -0.396 e. The molecule has 0 amide bonds. The van der Waals surface area contributed by atoms with Crippen LogP contribution < -0.4 is 5.73 Å². The van der Waals surface area contributed by atoms with E-state index in [2.05, 4.69) is 22.3 Å². The van der Waals surface area contributed by atoms with Gasteiger partial charge < -0.3 is 10.3 Å². The van der Waals surface area contributed by atoms with Crippen LogP contribution in [0, 0.1) is 5.82 Å². The smallest absolute Gasteiger partial charge is 0.258 e. The third-order valence-corrected chi connectivity index (χ3v) is 3.20. The summed E-state index contributed by atoms with van der Waals surface area (Å²) in [6, 6.07) is 14.5. The minimum atomic E-state index is -0.489. The summed E-state index contributed by atoms with van der Waals surface area (Å²) >= 11 is 0. The van der Waals surface area contributed by atoms with Crippen molar-refractivity contribution in [1.29, 1.82) is 0 Å². The van der Waals surface area contributed by atoms with Crippen LogP contribution in [0.1, 0.15) is 11.4 Å². The molecule has 2 aromatic carbocycles. The van der Waals surface area contributed by atoms with Crippen molar-refractivity contribution in [2.45, 2.75) is 12.8 Å². The molecule has 0 aliphatic rings. The number of halogens is 1. The zero-order valence-corrected chi connectivity index (χ0v) is 11.3. The van der Waals surface area contributed by atoms with Gasteiger partial charge in [0, 0.05) is 12.0 Å². The van der Waals surface area contributed by atoms with Gasteiger partial charge in [-0.2, -0.15) is 4.98 Å². The maximum absolute atomic E-state index is 13.4. The van der Waals surface area contributed by atoms with Crippen LogP contribution in [0.15, 0.2) is 53.1 Å². The number of benzene rings is 2. The predicted molar refractivity (Wildman–Crippen MR) is 78.0 cm³/mol. The summed E-state index contributed by atoms with van der Waals surface area (Å²) in [5.41, 5.74) is 7.28. The molecule has 0 spiro atoms. The summed E-state index contributed by atoms with van der Waals surface area (Å²) in [7, 11) is 0. The fourth-order valence-electron chi connectivity index (χ4n) is 2.03. The van der Waals surface area contributed by atoms with Crippen molar-refractivity contribution in [1.82, 2.24) is 10.1 Å². The van der Waals surface area contributed by atoms with Crippen LogP contribution in [-0.4, -0.2) is 10.1 Å². The first-order valence-electron chi connectivity index (χ1n) is 6.64. The van der Waals surface area contributed by atoms with E-state index in [-0.39, 0.29) is 5.69 Å². The van der Waals surface area contributed by atoms with Crippen LogP contribution in [0.25, 0.3) is 11.5 Å². The molecule has 0 saturated carbocycles. The number of anilines is 1. The van der Waals surface area contributed by atoms with Gasteiger partial charge in [0.25, 0.3) is 5.89 Å². The van der Waals surface area contributed by atoms with Crippen LogP contribution >= 0.6 is 0 Å². The lowest BCUT2D eigenvalue weighted by molar-refractivity contribution is 0.422. The lowest BCUT2D eigenvalue weighted by atomic mass is 10.1. The summed E-state index contributed by atoms with van der Waals surface area (Å²) in [6.45, 7) is 0. The standard InChI is InChI=1S/C16H14FN3O/c17-13-10-12(7-8-14(13)18)16-19-15(20-21-16)9-6-11-4-2-1-3-5-11/h1-5,7-8,10H,6,9,18H2. The van der Waals surface area contributed by atoms with Gasteiger partial charge in [-0.25, -0.2) is 4.39 Å². The highest BCUT2D eigenvalue weighted by Gasteiger charge is 2.10. The summed E-state index contributed by atoms with van der Waals surface area (Å²) in [6.07, 6.45) is 1.50. The topological polar surface area (TPSA) is 64.9 Å². The van der Waals surface area contributed by atoms with Crippen molar-refractivity contribution in [2.24, 2.45) is 0 Å². The van der Waals surface area contributed by atoms with E-state index in [4.69, 9.17) is 10.3 Å². The van der Waals surface area contributed by atoms with Crippen LogP contribution in [-0.2, 0) is 12.8 Å². The molecule has 0 atom stereocenters. The molecule has 5 heteroatoms.